The van der Waals surface area contributed by atoms with Crippen LogP contribution in [-0.4, -0.2) is 55.2 Å². The Labute approximate surface area is 75.7 Å². The van der Waals surface area contributed by atoms with Crippen LogP contribution in [0.5, 0.6) is 0 Å². The van der Waals surface area contributed by atoms with Gasteiger partial charge in [0, 0.05) is 25.9 Å². The van der Waals surface area contributed by atoms with Gasteiger partial charge in [0.05, 0.1) is 26.2 Å². The molecule has 0 aromatic carbocycles. The van der Waals surface area contributed by atoms with E-state index in [-0.39, 0.29) is 0 Å². The molecular weight excluding hydrogens is 148 g/mol. The minimum atomic E-state index is 1.25. The molecule has 12 heavy (non-hydrogen) atoms. The Morgan fingerprint density at radius 2 is 1.58 bits per heavy atom. The monoisotopic (exact) mass is 169 g/mol. The van der Waals surface area contributed by atoms with Crippen LogP contribution >= 0.6 is 0 Å². The molecule has 0 N–H and O–H groups in total. The fourth-order valence-corrected chi connectivity index (χ4v) is 2.70. The molecule has 0 radical (unpaired) electrons. The summed E-state index contributed by atoms with van der Waals surface area (Å²) in [4.78, 5) is 2.59. The van der Waals surface area contributed by atoms with Crippen molar-refractivity contribution in [1.82, 2.24) is 4.90 Å². The molecule has 0 unspecified atom stereocenters. The van der Waals surface area contributed by atoms with Gasteiger partial charge < -0.3 is 4.48 Å². The van der Waals surface area contributed by atoms with Gasteiger partial charge in [-0.25, -0.2) is 0 Å². The lowest BCUT2D eigenvalue weighted by Crippen LogP contribution is -2.57. The second-order valence-electron chi connectivity index (χ2n) is 4.38. The van der Waals surface area contributed by atoms with Crippen LogP contribution in [0.2, 0.25) is 0 Å². The zero-order valence-electron chi connectivity index (χ0n) is 8.26. The minimum Gasteiger partial charge on any atom is -0.321 e. The van der Waals surface area contributed by atoms with Crippen LogP contribution in [0.4, 0.5) is 0 Å². The predicted molar refractivity (Wildman–Crippen MR) is 51.1 cm³/mol. The summed E-state index contributed by atoms with van der Waals surface area (Å²) in [5.41, 5.74) is 0. The zero-order valence-corrected chi connectivity index (χ0v) is 8.26. The van der Waals surface area contributed by atoms with E-state index < -0.39 is 0 Å². The highest BCUT2D eigenvalue weighted by molar-refractivity contribution is 4.65. The van der Waals surface area contributed by atoms with Gasteiger partial charge in [-0.15, -0.1) is 0 Å². The lowest BCUT2D eigenvalue weighted by Gasteiger charge is -2.41. The molecule has 2 saturated heterocycles. The van der Waals surface area contributed by atoms with Gasteiger partial charge in [0.25, 0.3) is 0 Å². The maximum atomic E-state index is 2.59. The second-order valence-corrected chi connectivity index (χ2v) is 4.38. The average Bonchev–Trinajstić information content (AvgIpc) is 2.55. The van der Waals surface area contributed by atoms with Gasteiger partial charge in [0.2, 0.25) is 0 Å². The number of hydrogen-bond acceptors (Lipinski definition) is 1. The fourth-order valence-electron chi connectivity index (χ4n) is 2.70. The van der Waals surface area contributed by atoms with E-state index in [1.54, 1.807) is 0 Å². The van der Waals surface area contributed by atoms with Crippen LogP contribution in [0.25, 0.3) is 0 Å². The van der Waals surface area contributed by atoms with Crippen molar-refractivity contribution in [2.75, 3.05) is 45.8 Å². The summed E-state index contributed by atoms with van der Waals surface area (Å²) >= 11 is 0. The highest BCUT2D eigenvalue weighted by Gasteiger charge is 2.34. The molecule has 2 fully saturated rings. The third-order valence-electron chi connectivity index (χ3n) is 3.74. The molecule has 2 nitrogen and oxygen atoms in total. The molecule has 0 atom stereocenters. The predicted octanol–water partition coefficient (Wildman–Crippen LogP) is 0.932. The molecule has 2 aliphatic rings. The first-order chi connectivity index (χ1) is 5.85. The van der Waals surface area contributed by atoms with E-state index in [9.17, 15) is 0 Å². The number of likely N-dealkylation sites (N-methyl/N-ethyl adjacent to an activating group) is 1. The average molecular weight is 169 g/mol. The number of quaternary nitrogens is 1. The molecule has 1 spiro atoms. The van der Waals surface area contributed by atoms with E-state index in [4.69, 9.17) is 0 Å². The summed E-state index contributed by atoms with van der Waals surface area (Å²) in [6, 6.07) is 0. The van der Waals surface area contributed by atoms with Crippen LogP contribution in [0.3, 0.4) is 0 Å². The van der Waals surface area contributed by atoms with E-state index in [0.717, 1.165) is 0 Å². The Bertz CT molecular complexity index is 140. The van der Waals surface area contributed by atoms with Crippen molar-refractivity contribution in [2.24, 2.45) is 0 Å². The number of nitrogens with zero attached hydrogens (tertiary/aromatic N) is 2. The van der Waals surface area contributed by atoms with Gasteiger partial charge in [-0.1, -0.05) is 6.92 Å². The minimum absolute atomic E-state index is 1.25. The van der Waals surface area contributed by atoms with E-state index in [1.807, 2.05) is 0 Å². The van der Waals surface area contributed by atoms with Crippen LogP contribution < -0.4 is 0 Å². The van der Waals surface area contributed by atoms with E-state index >= 15 is 0 Å². The summed E-state index contributed by atoms with van der Waals surface area (Å²) in [5.74, 6) is 0. The van der Waals surface area contributed by atoms with Gasteiger partial charge in [-0.05, 0) is 6.54 Å². The smallest absolute Gasteiger partial charge is 0.0916 e. The molecule has 0 saturated carbocycles. The Hall–Kier alpha value is -0.0800. The van der Waals surface area contributed by atoms with Crippen molar-refractivity contribution < 1.29 is 4.48 Å². The maximum Gasteiger partial charge on any atom is 0.0916 e. The Morgan fingerprint density at radius 3 is 2.08 bits per heavy atom. The lowest BCUT2D eigenvalue weighted by atomic mass is 10.2. The van der Waals surface area contributed by atoms with Crippen LogP contribution in [0.15, 0.2) is 0 Å². The molecule has 70 valence electrons. The Balaban J connectivity index is 1.88. The van der Waals surface area contributed by atoms with Crippen molar-refractivity contribution in [1.29, 1.82) is 0 Å². The summed E-state index contributed by atoms with van der Waals surface area (Å²) < 4.78 is 1.45. The first-order valence-corrected chi connectivity index (χ1v) is 5.42. The van der Waals surface area contributed by atoms with Crippen molar-refractivity contribution >= 4 is 0 Å². The maximum absolute atomic E-state index is 2.59. The Morgan fingerprint density at radius 1 is 1.00 bits per heavy atom. The lowest BCUT2D eigenvalue weighted by molar-refractivity contribution is -0.920. The van der Waals surface area contributed by atoms with Gasteiger partial charge >= 0.3 is 0 Å². The third-order valence-corrected chi connectivity index (χ3v) is 3.74. The summed E-state index contributed by atoms with van der Waals surface area (Å²) in [6.07, 6.45) is 2.96. The molecule has 2 heterocycles. The van der Waals surface area contributed by atoms with Crippen LogP contribution in [-0.2, 0) is 0 Å². The molecular formula is C10H21N2+. The second kappa shape index (κ2) is 3.35. The molecule has 0 aliphatic carbocycles. The van der Waals surface area contributed by atoms with Gasteiger partial charge in [0.1, 0.15) is 0 Å². The molecule has 0 aromatic rings. The molecule has 2 heteroatoms. The first-order valence-electron chi connectivity index (χ1n) is 5.42. The van der Waals surface area contributed by atoms with Crippen LogP contribution in [0, 0.1) is 0 Å². The number of piperazine rings is 1. The normalized spacial score (nSPS) is 29.8. The summed E-state index contributed by atoms with van der Waals surface area (Å²) in [7, 11) is 0. The first kappa shape index (κ1) is 8.52. The highest BCUT2D eigenvalue weighted by atomic mass is 15.4. The van der Waals surface area contributed by atoms with Gasteiger partial charge in [-0.3, -0.25) is 4.90 Å². The molecule has 0 amide bonds. The molecule has 0 aromatic heterocycles. The number of hydrogen-bond donors (Lipinski definition) is 0. The summed E-state index contributed by atoms with van der Waals surface area (Å²) in [5, 5.41) is 0. The largest absolute Gasteiger partial charge is 0.321 e. The number of rotatable bonds is 1. The van der Waals surface area contributed by atoms with Crippen molar-refractivity contribution in [3.63, 3.8) is 0 Å². The van der Waals surface area contributed by atoms with Crippen LogP contribution in [0.1, 0.15) is 19.8 Å². The standard InChI is InChI=1S/C10H21N2/c1-2-11-5-9-12(10-6-11)7-3-4-8-12/h2-10H2,1H3/q+1. The summed E-state index contributed by atoms with van der Waals surface area (Å²) in [6.45, 7) is 12.0. The highest BCUT2D eigenvalue weighted by Crippen LogP contribution is 2.21. The third kappa shape index (κ3) is 1.50. The van der Waals surface area contributed by atoms with Gasteiger partial charge in [-0.2, -0.15) is 0 Å². The molecule has 2 rings (SSSR count). The molecule has 2 aliphatic heterocycles. The zero-order chi connectivity index (χ0) is 8.44. The van der Waals surface area contributed by atoms with E-state index in [0.29, 0.717) is 0 Å². The molecule has 0 bridgehead atoms. The topological polar surface area (TPSA) is 3.24 Å². The Kier molecular flexibility index (Phi) is 2.37. The fraction of sp³-hybridized carbons (Fsp3) is 1.00. The van der Waals surface area contributed by atoms with Gasteiger partial charge in [0.15, 0.2) is 0 Å². The SMILES string of the molecule is CCN1CC[N+]2(CCCC2)CC1. The van der Waals surface area contributed by atoms with E-state index in [2.05, 4.69) is 11.8 Å². The van der Waals surface area contributed by atoms with E-state index in [1.165, 1.54) is 63.1 Å². The van der Waals surface area contributed by atoms with Crippen molar-refractivity contribution in [2.45, 2.75) is 19.8 Å². The van der Waals surface area contributed by atoms with Crippen molar-refractivity contribution in [3.8, 4) is 0 Å². The quantitative estimate of drug-likeness (QED) is 0.528. The van der Waals surface area contributed by atoms with Crippen molar-refractivity contribution in [3.05, 3.63) is 0 Å².